The zero-order valence-electron chi connectivity index (χ0n) is 42.6. The number of Topliss-reactive ketones (excluding diaryl/α,β-unsaturated/α-hetero) is 1. The fourth-order valence-electron chi connectivity index (χ4n) is 12.4. The predicted molar refractivity (Wildman–Crippen MR) is 286 cm³/mol. The van der Waals surface area contributed by atoms with E-state index >= 15 is 0 Å². The average Bonchev–Trinajstić information content (AvgIpc) is 3.95. The lowest BCUT2D eigenvalue weighted by Gasteiger charge is -2.36. The summed E-state index contributed by atoms with van der Waals surface area (Å²) in [5.41, 5.74) is 8.89. The number of nitrogens with one attached hydrogen (secondary N) is 1. The van der Waals surface area contributed by atoms with Crippen molar-refractivity contribution in [3.8, 4) is 5.69 Å². The van der Waals surface area contributed by atoms with Gasteiger partial charge in [0, 0.05) is 16.4 Å². The summed E-state index contributed by atoms with van der Waals surface area (Å²) in [6.45, 7) is 19.9. The van der Waals surface area contributed by atoms with Crippen LogP contribution >= 0.6 is 11.6 Å². The summed E-state index contributed by atoms with van der Waals surface area (Å²) >= 11 is 5.50. The number of fused-ring (bicyclic) bond motifs is 9. The van der Waals surface area contributed by atoms with Gasteiger partial charge in [0.2, 0.25) is 5.24 Å². The molecule has 71 heavy (non-hydrogen) atoms. The number of halogens is 1. The molecule has 3 saturated carbocycles. The lowest BCUT2D eigenvalue weighted by molar-refractivity contribution is -0.135. The Balaban J connectivity index is 0.000000141. The minimum Gasteiger partial charge on any atom is -0.442 e. The molecule has 1 unspecified atom stereocenters. The van der Waals surface area contributed by atoms with Crippen molar-refractivity contribution >= 4 is 56.0 Å². The molecule has 0 spiro atoms. The summed E-state index contributed by atoms with van der Waals surface area (Å²) in [5.74, 6) is 0.0258. The third-order valence-corrected chi connectivity index (χ3v) is 17.3. The molecule has 1 N–H and O–H groups in total. The maximum Gasteiger partial charge on any atom is 0.429 e. The summed E-state index contributed by atoms with van der Waals surface area (Å²) in [6.07, 6.45) is 3.71. The Morgan fingerprint density at radius 2 is 1.23 bits per heavy atom. The Kier molecular flexibility index (Phi) is 13.0. The maximum absolute atomic E-state index is 14.0. The molecule has 10 heteroatoms. The highest BCUT2D eigenvalue weighted by Crippen LogP contribution is 2.67. The van der Waals surface area contributed by atoms with Gasteiger partial charge in [-0.3, -0.25) is 24.5 Å². The summed E-state index contributed by atoms with van der Waals surface area (Å²) in [7, 11) is 0. The van der Waals surface area contributed by atoms with E-state index in [1.807, 2.05) is 99.1 Å². The number of nitrogens with zero attached hydrogens (tertiary/aromatic N) is 3. The molecule has 9 nitrogen and oxygen atoms in total. The van der Waals surface area contributed by atoms with E-state index in [9.17, 15) is 19.2 Å². The average molecular weight is 972 g/mol. The molecule has 3 fully saturated rings. The fourth-order valence-corrected chi connectivity index (χ4v) is 12.6. The molecular formula is C61H67ClN4O5. The molecule has 4 aliphatic rings. The van der Waals surface area contributed by atoms with Crippen LogP contribution in [0.4, 0.5) is 10.5 Å². The second kappa shape index (κ2) is 18.6. The van der Waals surface area contributed by atoms with Crippen LogP contribution in [-0.2, 0) is 32.8 Å². The second-order valence-corrected chi connectivity index (χ2v) is 23.0. The number of amides is 1. The molecule has 1 aromatic heterocycles. The van der Waals surface area contributed by atoms with Gasteiger partial charge in [-0.05, 0) is 138 Å². The lowest BCUT2D eigenvalue weighted by Crippen LogP contribution is -2.40. The van der Waals surface area contributed by atoms with Gasteiger partial charge in [-0.25, -0.2) is 14.5 Å². The van der Waals surface area contributed by atoms with Gasteiger partial charge in [0.15, 0.2) is 5.78 Å². The molecule has 4 aliphatic carbocycles. The third-order valence-electron chi connectivity index (χ3n) is 17.0. The smallest absolute Gasteiger partial charge is 0.429 e. The molecular weight excluding hydrogens is 904 g/mol. The van der Waals surface area contributed by atoms with E-state index in [0.717, 1.165) is 64.3 Å². The van der Waals surface area contributed by atoms with E-state index in [4.69, 9.17) is 16.3 Å². The first-order chi connectivity index (χ1) is 33.6. The molecule has 0 radical (unpaired) electrons. The van der Waals surface area contributed by atoms with Crippen LogP contribution in [0.1, 0.15) is 116 Å². The molecule has 0 aliphatic heterocycles. The van der Waals surface area contributed by atoms with Crippen LogP contribution in [0.3, 0.4) is 0 Å². The first-order valence-corrected chi connectivity index (χ1v) is 25.5. The quantitative estimate of drug-likeness (QED) is 0.0924. The van der Waals surface area contributed by atoms with E-state index in [1.165, 1.54) is 21.7 Å². The number of hydrazine groups is 1. The number of aromatic nitrogens is 2. The van der Waals surface area contributed by atoms with Crippen molar-refractivity contribution in [2.45, 2.75) is 118 Å². The van der Waals surface area contributed by atoms with Crippen molar-refractivity contribution in [3.05, 3.63) is 178 Å². The molecule has 5 atom stereocenters. The van der Waals surface area contributed by atoms with Crippen LogP contribution in [0.5, 0.6) is 0 Å². The summed E-state index contributed by atoms with van der Waals surface area (Å²) in [4.78, 5) is 49.9. The van der Waals surface area contributed by atoms with E-state index in [0.29, 0.717) is 19.0 Å². The molecule has 0 saturated heterocycles. The molecule has 368 valence electrons. The number of carbonyl (C=O) groups is 3. The molecule has 11 rings (SSSR count). The molecule has 6 aromatic carbocycles. The topological polar surface area (TPSA) is 103 Å². The zero-order valence-corrected chi connectivity index (χ0v) is 43.3. The van der Waals surface area contributed by atoms with Crippen molar-refractivity contribution in [1.29, 1.82) is 0 Å². The van der Waals surface area contributed by atoms with Crippen molar-refractivity contribution in [3.63, 3.8) is 0 Å². The van der Waals surface area contributed by atoms with Crippen molar-refractivity contribution in [1.82, 2.24) is 14.4 Å². The predicted octanol–water partition coefficient (Wildman–Crippen LogP) is 14.0. The van der Waals surface area contributed by atoms with Crippen LogP contribution in [0.2, 0.25) is 0 Å². The summed E-state index contributed by atoms with van der Waals surface area (Å²) < 4.78 is 9.80. The van der Waals surface area contributed by atoms with E-state index in [-0.39, 0.29) is 38.9 Å². The monoisotopic (exact) mass is 970 g/mol. The maximum atomic E-state index is 14.0. The lowest BCUT2D eigenvalue weighted by atomic mass is 9.70. The Hall–Kier alpha value is -6.45. The Bertz CT molecular complexity index is 3210. The zero-order chi connectivity index (χ0) is 50.7. The molecule has 1 amide bonds. The van der Waals surface area contributed by atoms with E-state index in [1.54, 1.807) is 0 Å². The first kappa shape index (κ1) is 49.5. The highest BCUT2D eigenvalue weighted by molar-refractivity contribution is 6.65. The van der Waals surface area contributed by atoms with E-state index in [2.05, 4.69) is 124 Å². The number of anilines is 1. The summed E-state index contributed by atoms with van der Waals surface area (Å²) in [6, 6.07) is 49.2. The minimum absolute atomic E-state index is 0.0169. The number of hydrogen-bond acceptors (Lipinski definition) is 6. The van der Waals surface area contributed by atoms with Gasteiger partial charge in [-0.1, -0.05) is 163 Å². The van der Waals surface area contributed by atoms with Crippen LogP contribution in [0, 0.1) is 28.1 Å². The largest absolute Gasteiger partial charge is 0.442 e. The Morgan fingerprint density at radius 1 is 0.676 bits per heavy atom. The first-order valence-electron chi connectivity index (χ1n) is 25.1. The fraction of sp³-hybridized carbons (Fsp3) is 0.377. The van der Waals surface area contributed by atoms with Crippen LogP contribution < -0.4 is 11.0 Å². The van der Waals surface area contributed by atoms with Crippen LogP contribution in [0.15, 0.2) is 150 Å². The summed E-state index contributed by atoms with van der Waals surface area (Å²) in [5, 5.41) is 5.67. The highest BCUT2D eigenvalue weighted by atomic mass is 35.5. The second-order valence-electron chi connectivity index (χ2n) is 22.7. The number of benzene rings is 6. The van der Waals surface area contributed by atoms with Gasteiger partial charge >= 0.3 is 6.09 Å². The molecule has 1 heterocycles. The van der Waals surface area contributed by atoms with Crippen molar-refractivity contribution in [2.24, 2.45) is 28.1 Å². The van der Waals surface area contributed by atoms with Crippen molar-refractivity contribution < 1.29 is 19.1 Å². The van der Waals surface area contributed by atoms with Crippen molar-refractivity contribution in [2.75, 3.05) is 5.43 Å². The van der Waals surface area contributed by atoms with Gasteiger partial charge in [-0.15, -0.1) is 0 Å². The Labute approximate surface area is 423 Å². The normalized spacial score (nSPS) is 23.1. The van der Waals surface area contributed by atoms with Gasteiger partial charge in [-0.2, -0.15) is 0 Å². The van der Waals surface area contributed by atoms with Crippen LogP contribution in [-0.4, -0.2) is 37.1 Å². The highest BCUT2D eigenvalue weighted by Gasteiger charge is 2.67. The van der Waals surface area contributed by atoms with Gasteiger partial charge in [0.1, 0.15) is 5.60 Å². The minimum atomic E-state index is -0.558. The number of rotatable bonds is 8. The third kappa shape index (κ3) is 8.89. The molecule has 7 aromatic rings. The van der Waals surface area contributed by atoms with Gasteiger partial charge in [0.05, 0.1) is 36.1 Å². The van der Waals surface area contributed by atoms with Gasteiger partial charge in [0.25, 0.3) is 5.56 Å². The number of carbonyl (C=O) groups excluding carboxylic acids is 3. The number of ether oxygens (including phenoxy) is 1. The standard InChI is InChI=1S/C28H28N2O.C22H24N2O2.C11H15ClO2/c1-27(2)23-15-16-28(27,3)25-24(23)26(31)30(29(25)18-19-9-5-4-6-10-19)22-14-13-20-11-7-8-12-21(20)17-22;1-22(2,3)26-21(25)24(16-17-9-5-4-6-10-17)23-20-14-13-18-11-7-8-12-19(18)15-20;1-10(2)6-4-5-11(10,3)8(13)7(6)9(12)14/h4-14,17,23H,15-16,18H2,1-3H3;4-15,23H,16H2,1-3H3;6-7H,4-5H2,1-3H3/t23-,28+;;6-,7?,11+/m0.0/s1. The molecule has 4 bridgehead atoms. The van der Waals surface area contributed by atoms with Gasteiger partial charge < -0.3 is 4.74 Å². The SMILES string of the molecule is CC(C)(C)OC(=O)N(Cc1ccccc1)Nc1ccc2ccccc2c1.CC1(C)[C@H]2CC[C@]1(C)C(=O)C2C(=O)Cl.CC1(C)[C@H]2CC[C@]1(C)c1c2c(=O)n(-c2ccc3ccccc3c2)n1Cc1ccccc1. The van der Waals surface area contributed by atoms with E-state index < -0.39 is 22.9 Å². The Morgan fingerprint density at radius 3 is 1.79 bits per heavy atom. The number of hydrogen-bond donors (Lipinski definition) is 1. The number of ketones is 1. The van der Waals surface area contributed by atoms with Crippen LogP contribution in [0.25, 0.3) is 27.2 Å².